The zero-order chi connectivity index (χ0) is 37.4. The van der Waals surface area contributed by atoms with Crippen molar-refractivity contribution in [2.45, 2.75) is 5.92 Å². The lowest BCUT2D eigenvalue weighted by molar-refractivity contribution is 0.0424. The molecule has 266 valence electrons. The summed E-state index contributed by atoms with van der Waals surface area (Å²) in [5.41, 5.74) is 10.2. The Hall–Kier alpha value is -7.38. The van der Waals surface area contributed by atoms with Gasteiger partial charge >= 0.3 is 5.92 Å². The molecule has 0 spiro atoms. The molecule has 0 saturated carbocycles. The van der Waals surface area contributed by atoms with E-state index in [4.69, 9.17) is 4.98 Å². The van der Waals surface area contributed by atoms with Crippen LogP contribution < -0.4 is 4.90 Å². The highest BCUT2D eigenvalue weighted by Gasteiger charge is 2.45. The number of rotatable bonds is 5. The van der Waals surface area contributed by atoms with Crippen LogP contribution >= 0.6 is 0 Å². The van der Waals surface area contributed by atoms with E-state index < -0.39 is 5.92 Å². The van der Waals surface area contributed by atoms with Crippen molar-refractivity contribution >= 4 is 50.0 Å². The molecule has 0 saturated heterocycles. The maximum atomic E-state index is 16.4. The van der Waals surface area contributed by atoms with E-state index >= 15 is 8.78 Å². The first kappa shape index (κ1) is 32.1. The van der Waals surface area contributed by atoms with Crippen LogP contribution in [0.2, 0.25) is 0 Å². The molecule has 0 atom stereocenters. The molecule has 1 aliphatic heterocycles. The molecule has 7 heteroatoms. The summed E-state index contributed by atoms with van der Waals surface area (Å²) in [6.45, 7) is 0. The number of imidazole rings is 1. The van der Waals surface area contributed by atoms with Gasteiger partial charge < -0.3 is 4.98 Å². The second-order valence-electron chi connectivity index (χ2n) is 14.1. The number of aromatic nitrogens is 4. The summed E-state index contributed by atoms with van der Waals surface area (Å²) in [5, 5.41) is 2.26. The molecule has 0 amide bonds. The molecule has 0 aliphatic carbocycles. The van der Waals surface area contributed by atoms with E-state index in [0.29, 0.717) is 17.2 Å². The molecule has 11 rings (SSSR count). The lowest BCUT2D eigenvalue weighted by Crippen LogP contribution is -2.29. The van der Waals surface area contributed by atoms with Crippen LogP contribution in [0, 0.1) is 0 Å². The third-order valence-corrected chi connectivity index (χ3v) is 10.9. The van der Waals surface area contributed by atoms with E-state index in [0.717, 1.165) is 72.2 Å². The van der Waals surface area contributed by atoms with Gasteiger partial charge in [-0.25, -0.2) is 9.97 Å². The maximum absolute atomic E-state index is 16.4. The van der Waals surface area contributed by atoms with Crippen molar-refractivity contribution in [3.63, 3.8) is 0 Å². The second kappa shape index (κ2) is 12.3. The number of hydrogen-bond donors (Lipinski definition) is 1. The first-order valence-corrected chi connectivity index (χ1v) is 18.6. The van der Waals surface area contributed by atoms with Gasteiger partial charge in [0.2, 0.25) is 0 Å². The number of anilines is 3. The number of fused-ring (bicyclic) bond motifs is 6. The summed E-state index contributed by atoms with van der Waals surface area (Å²) in [6.07, 6.45) is 1.68. The zero-order valence-electron chi connectivity index (χ0n) is 29.9. The largest absolute Gasteiger partial charge is 0.354 e. The smallest absolute Gasteiger partial charge is 0.302 e. The van der Waals surface area contributed by atoms with Crippen molar-refractivity contribution in [3.05, 3.63) is 193 Å². The molecule has 1 aliphatic rings. The van der Waals surface area contributed by atoms with Crippen LogP contribution in [0.25, 0.3) is 72.2 Å². The number of alkyl halides is 2. The van der Waals surface area contributed by atoms with Gasteiger partial charge in [-0.1, -0.05) is 115 Å². The van der Waals surface area contributed by atoms with Crippen molar-refractivity contribution in [2.75, 3.05) is 4.90 Å². The number of halogens is 2. The number of H-pyrrole nitrogens is 1. The fraction of sp³-hybridized carbons (Fsp3) is 0.0204. The predicted molar refractivity (Wildman–Crippen MR) is 222 cm³/mol. The van der Waals surface area contributed by atoms with Crippen LogP contribution in [0.5, 0.6) is 0 Å². The number of hydrogen-bond acceptors (Lipinski definition) is 3. The van der Waals surface area contributed by atoms with Crippen molar-refractivity contribution in [1.82, 2.24) is 19.5 Å². The first-order valence-electron chi connectivity index (χ1n) is 18.6. The number of para-hydroxylation sites is 4. The maximum Gasteiger partial charge on any atom is 0.302 e. The molecular weight excluding hydrogens is 697 g/mol. The van der Waals surface area contributed by atoms with E-state index in [9.17, 15) is 0 Å². The van der Waals surface area contributed by atoms with Gasteiger partial charge in [0.1, 0.15) is 11.6 Å². The number of benzene rings is 7. The normalized spacial score (nSPS) is 13.3. The molecule has 5 nitrogen and oxygen atoms in total. The van der Waals surface area contributed by atoms with Crippen molar-refractivity contribution < 1.29 is 8.78 Å². The quantitative estimate of drug-likeness (QED) is 0.192. The summed E-state index contributed by atoms with van der Waals surface area (Å²) in [7, 11) is 0. The highest BCUT2D eigenvalue weighted by Crippen LogP contribution is 2.54. The minimum atomic E-state index is -3.21. The second-order valence-corrected chi connectivity index (χ2v) is 14.1. The first-order chi connectivity index (χ1) is 27.6. The molecule has 7 aromatic carbocycles. The zero-order valence-corrected chi connectivity index (χ0v) is 29.9. The fourth-order valence-corrected chi connectivity index (χ4v) is 8.46. The Morgan fingerprint density at radius 3 is 2.11 bits per heavy atom. The molecular formula is C49H31F2N5. The summed E-state index contributed by atoms with van der Waals surface area (Å²) < 4.78 is 34.9. The van der Waals surface area contributed by atoms with E-state index in [1.165, 1.54) is 6.07 Å². The average Bonchev–Trinajstić information content (AvgIpc) is 3.84. The van der Waals surface area contributed by atoms with Gasteiger partial charge in [0, 0.05) is 50.4 Å². The Labute approximate surface area is 320 Å². The molecule has 10 aromatic rings. The minimum Gasteiger partial charge on any atom is -0.354 e. The Kier molecular flexibility index (Phi) is 7.06. The van der Waals surface area contributed by atoms with Crippen molar-refractivity contribution in [3.8, 4) is 39.3 Å². The number of aromatic amines is 1. The molecule has 0 bridgehead atoms. The van der Waals surface area contributed by atoms with Crippen LogP contribution in [0.3, 0.4) is 0 Å². The van der Waals surface area contributed by atoms with Crippen LogP contribution in [0.1, 0.15) is 11.1 Å². The molecule has 0 radical (unpaired) electrons. The SMILES string of the molecule is FC1(F)c2ccccc2N(c2ccccn2)c2cc(-c3cccc4c3nc(-c3cccc5c3[nH]c3cccc(-c6ccccc6)c35)n4-c3ccccc3)ccc21. The lowest BCUT2D eigenvalue weighted by Gasteiger charge is -2.37. The third kappa shape index (κ3) is 4.77. The van der Waals surface area contributed by atoms with Crippen LogP contribution in [0.4, 0.5) is 26.0 Å². The summed E-state index contributed by atoms with van der Waals surface area (Å²) in [4.78, 5) is 15.7. The number of nitrogens with one attached hydrogen (secondary N) is 1. The van der Waals surface area contributed by atoms with Crippen molar-refractivity contribution in [1.29, 1.82) is 0 Å². The van der Waals surface area contributed by atoms with Crippen LogP contribution in [0.15, 0.2) is 182 Å². The summed E-state index contributed by atoms with van der Waals surface area (Å²) >= 11 is 0. The molecule has 1 N–H and O–H groups in total. The molecule has 0 unspecified atom stereocenters. The standard InChI is InChI=1S/C49H31F2N5/c50-49(51)38-22-7-8-24-41(38)56(44-26-9-10-29-52-44)43-30-32(27-28-39(43)49)35-19-13-25-42-47(35)54-48(55(42)33-16-5-2-6-17-33)37-21-11-20-36-45-34(31-14-3-1-4-15-31)18-12-23-40(45)53-46(36)37/h1-30,53H. The van der Waals surface area contributed by atoms with Crippen LogP contribution in [-0.2, 0) is 5.92 Å². The van der Waals surface area contributed by atoms with E-state index in [1.807, 2.05) is 65.6 Å². The predicted octanol–water partition coefficient (Wildman–Crippen LogP) is 13.0. The number of pyridine rings is 1. The molecule has 56 heavy (non-hydrogen) atoms. The topological polar surface area (TPSA) is 49.7 Å². The van der Waals surface area contributed by atoms with E-state index in [2.05, 4.69) is 93.4 Å². The minimum absolute atomic E-state index is 0.0544. The Morgan fingerprint density at radius 1 is 0.554 bits per heavy atom. The summed E-state index contributed by atoms with van der Waals surface area (Å²) in [5.74, 6) is -1.88. The van der Waals surface area contributed by atoms with Gasteiger partial charge in [0.25, 0.3) is 0 Å². The van der Waals surface area contributed by atoms with Crippen LogP contribution in [-0.4, -0.2) is 19.5 Å². The van der Waals surface area contributed by atoms with E-state index in [-0.39, 0.29) is 11.1 Å². The van der Waals surface area contributed by atoms with Crippen molar-refractivity contribution in [2.24, 2.45) is 0 Å². The highest BCUT2D eigenvalue weighted by atomic mass is 19.3. The van der Waals surface area contributed by atoms with E-state index in [1.54, 1.807) is 36.5 Å². The molecule has 0 fully saturated rings. The lowest BCUT2D eigenvalue weighted by atomic mass is 9.89. The monoisotopic (exact) mass is 727 g/mol. The third-order valence-electron chi connectivity index (χ3n) is 10.9. The van der Waals surface area contributed by atoms with Gasteiger partial charge in [-0.2, -0.15) is 8.78 Å². The fourth-order valence-electron chi connectivity index (χ4n) is 8.46. The average molecular weight is 728 g/mol. The summed E-state index contributed by atoms with van der Waals surface area (Å²) in [6, 6.07) is 57.0. The van der Waals surface area contributed by atoms with Gasteiger partial charge in [-0.05, 0) is 77.4 Å². The Balaban J connectivity index is 1.15. The van der Waals surface area contributed by atoms with Gasteiger partial charge in [-0.15, -0.1) is 0 Å². The highest BCUT2D eigenvalue weighted by molar-refractivity contribution is 6.17. The van der Waals surface area contributed by atoms with Gasteiger partial charge in [0.15, 0.2) is 0 Å². The Bertz CT molecular complexity index is 3120. The molecule has 3 aromatic heterocycles. The number of nitrogens with zero attached hydrogens (tertiary/aromatic N) is 4. The Morgan fingerprint density at radius 2 is 1.27 bits per heavy atom. The van der Waals surface area contributed by atoms with Gasteiger partial charge in [0.05, 0.1) is 27.9 Å². The molecule has 4 heterocycles. The van der Waals surface area contributed by atoms with Gasteiger partial charge in [-0.3, -0.25) is 9.47 Å².